The monoisotopic (exact) mass is 467 g/mol. The summed E-state index contributed by atoms with van der Waals surface area (Å²) < 4.78 is 1.94. The normalized spacial score (nSPS) is 14.4. The number of carbonyl (C=O) groups is 2. The van der Waals surface area contributed by atoms with Gasteiger partial charge in [0.15, 0.2) is 5.82 Å². The number of fused-ring (bicyclic) bond motifs is 4. The minimum Gasteiger partial charge on any atom is -0.281 e. The van der Waals surface area contributed by atoms with E-state index in [2.05, 4.69) is 10.2 Å². The number of aromatic nitrogens is 3. The minimum absolute atomic E-state index is 0.201. The highest BCUT2D eigenvalue weighted by Gasteiger charge is 2.35. The van der Waals surface area contributed by atoms with Gasteiger partial charge in [-0.3, -0.25) is 24.0 Å². The molecule has 0 spiro atoms. The van der Waals surface area contributed by atoms with Gasteiger partial charge >= 0.3 is 0 Å². The molecule has 6 rings (SSSR count). The Labute approximate surface area is 200 Å². The number of amides is 2. The largest absolute Gasteiger partial charge is 0.281 e. The van der Waals surface area contributed by atoms with Crippen LogP contribution in [0.15, 0.2) is 77.8 Å². The van der Waals surface area contributed by atoms with Crippen molar-refractivity contribution in [2.24, 2.45) is 4.99 Å². The van der Waals surface area contributed by atoms with Crippen LogP contribution < -0.4 is 0 Å². The molecule has 2 aliphatic heterocycles. The number of carbonyl (C=O) groups excluding carboxylic acids is 2. The molecule has 0 saturated carbocycles. The smallest absolute Gasteiger partial charge is 0.261 e. The maximum atomic E-state index is 12.8. The van der Waals surface area contributed by atoms with Crippen molar-refractivity contribution in [1.29, 1.82) is 0 Å². The molecule has 166 valence electrons. The highest BCUT2D eigenvalue weighted by molar-refractivity contribution is 6.31. The highest BCUT2D eigenvalue weighted by Crippen LogP contribution is 2.29. The number of aliphatic imine (C=N–C) groups is 1. The van der Waals surface area contributed by atoms with Crippen molar-refractivity contribution in [2.45, 2.75) is 13.0 Å². The fourth-order valence-corrected chi connectivity index (χ4v) is 4.68. The van der Waals surface area contributed by atoms with Gasteiger partial charge in [0, 0.05) is 29.1 Å². The van der Waals surface area contributed by atoms with Crippen LogP contribution in [0.5, 0.6) is 0 Å². The summed E-state index contributed by atoms with van der Waals surface area (Å²) in [5.41, 5.74) is 4.46. The van der Waals surface area contributed by atoms with Crippen molar-refractivity contribution >= 4 is 29.1 Å². The van der Waals surface area contributed by atoms with Crippen LogP contribution in [0.1, 0.15) is 43.5 Å². The molecule has 4 aromatic rings. The van der Waals surface area contributed by atoms with Crippen molar-refractivity contribution in [3.63, 3.8) is 0 Å². The van der Waals surface area contributed by atoms with Crippen LogP contribution in [0.3, 0.4) is 0 Å². The Bertz CT molecular complexity index is 1460. The zero-order chi connectivity index (χ0) is 23.2. The second-order valence-electron chi connectivity index (χ2n) is 8.12. The number of nitrogens with zero attached hydrogens (tertiary/aromatic N) is 5. The lowest BCUT2D eigenvalue weighted by molar-refractivity contribution is 0.0655. The van der Waals surface area contributed by atoms with E-state index in [1.165, 1.54) is 4.90 Å². The Morgan fingerprint density at radius 3 is 2.26 bits per heavy atom. The molecule has 3 heterocycles. The average Bonchev–Trinajstić information content (AvgIpc) is 3.32. The molecule has 0 unspecified atom stereocenters. The van der Waals surface area contributed by atoms with E-state index in [9.17, 15) is 9.59 Å². The molecule has 8 heteroatoms. The molecular weight excluding hydrogens is 450 g/mol. The second kappa shape index (κ2) is 8.04. The molecule has 0 aliphatic carbocycles. The first-order valence-electron chi connectivity index (χ1n) is 10.9. The first-order valence-corrected chi connectivity index (χ1v) is 11.3. The summed E-state index contributed by atoms with van der Waals surface area (Å²) in [5.74, 6) is 0.745. The van der Waals surface area contributed by atoms with E-state index < -0.39 is 0 Å². The van der Waals surface area contributed by atoms with Crippen molar-refractivity contribution in [3.05, 3.63) is 112 Å². The van der Waals surface area contributed by atoms with Crippen molar-refractivity contribution in [2.75, 3.05) is 6.54 Å². The quantitative estimate of drug-likeness (QED) is 0.423. The SMILES string of the molecule is O=C1c2ccccc2C(=O)N1CCc1nnc2n1-c1cc(Cl)ccc1C(c1ccccc1)=NC2. The summed E-state index contributed by atoms with van der Waals surface area (Å²) in [4.78, 5) is 31.7. The van der Waals surface area contributed by atoms with E-state index in [0.717, 1.165) is 22.5 Å². The molecule has 1 aromatic heterocycles. The van der Waals surface area contributed by atoms with Gasteiger partial charge in [-0.25, -0.2) is 0 Å². The lowest BCUT2D eigenvalue weighted by Crippen LogP contribution is -2.32. The van der Waals surface area contributed by atoms with Crippen LogP contribution >= 0.6 is 11.6 Å². The number of benzene rings is 3. The fraction of sp³-hybridized carbons (Fsp3) is 0.115. The molecule has 0 bridgehead atoms. The highest BCUT2D eigenvalue weighted by atomic mass is 35.5. The standard InChI is InChI=1S/C26H18ClN5O2/c27-17-10-11-20-21(14-17)32-22(12-13-31-25(33)18-8-4-5-9-19(18)26(31)34)29-30-23(32)15-28-24(20)16-6-2-1-3-7-16/h1-11,14H,12-13,15H2. The van der Waals surface area contributed by atoms with Gasteiger partial charge < -0.3 is 0 Å². The second-order valence-corrected chi connectivity index (χ2v) is 8.55. The lowest BCUT2D eigenvalue weighted by atomic mass is 10.0. The van der Waals surface area contributed by atoms with Crippen LogP contribution in [0.4, 0.5) is 0 Å². The van der Waals surface area contributed by atoms with Gasteiger partial charge in [0.1, 0.15) is 12.4 Å². The lowest BCUT2D eigenvalue weighted by Gasteiger charge is -2.16. The molecule has 2 amide bonds. The van der Waals surface area contributed by atoms with Gasteiger partial charge in [-0.05, 0) is 30.3 Å². The number of imide groups is 1. The van der Waals surface area contributed by atoms with E-state index in [4.69, 9.17) is 16.6 Å². The minimum atomic E-state index is -0.283. The van der Waals surface area contributed by atoms with Gasteiger partial charge in [0.25, 0.3) is 11.8 Å². The molecule has 3 aromatic carbocycles. The van der Waals surface area contributed by atoms with E-state index in [1.54, 1.807) is 24.3 Å². The van der Waals surface area contributed by atoms with Crippen LogP contribution in [0.2, 0.25) is 5.02 Å². The van der Waals surface area contributed by atoms with Crippen molar-refractivity contribution in [1.82, 2.24) is 19.7 Å². The maximum Gasteiger partial charge on any atom is 0.261 e. The third-order valence-electron chi connectivity index (χ3n) is 6.12. The summed E-state index contributed by atoms with van der Waals surface area (Å²) in [5, 5.41) is 9.33. The van der Waals surface area contributed by atoms with E-state index in [0.29, 0.717) is 40.8 Å². The molecule has 0 atom stereocenters. The predicted molar refractivity (Wildman–Crippen MR) is 128 cm³/mol. The molecule has 0 N–H and O–H groups in total. The van der Waals surface area contributed by atoms with Crippen molar-refractivity contribution in [3.8, 4) is 5.69 Å². The molecule has 2 aliphatic rings. The first kappa shape index (κ1) is 20.5. The third kappa shape index (κ3) is 3.24. The summed E-state index contributed by atoms with van der Waals surface area (Å²) in [7, 11) is 0. The Morgan fingerprint density at radius 1 is 0.824 bits per heavy atom. The topological polar surface area (TPSA) is 80.5 Å². The number of hydrogen-bond acceptors (Lipinski definition) is 5. The molecule has 0 fully saturated rings. The van der Waals surface area contributed by atoms with Crippen LogP contribution in [-0.2, 0) is 13.0 Å². The predicted octanol–water partition coefficient (Wildman–Crippen LogP) is 4.11. The summed E-state index contributed by atoms with van der Waals surface area (Å²) in [6, 6.07) is 22.5. The van der Waals surface area contributed by atoms with Crippen LogP contribution in [0, 0.1) is 0 Å². The first-order chi connectivity index (χ1) is 16.6. The number of hydrogen-bond donors (Lipinski definition) is 0. The molecule has 0 radical (unpaired) electrons. The van der Waals surface area contributed by atoms with Gasteiger partial charge in [-0.2, -0.15) is 0 Å². The maximum absolute atomic E-state index is 12.8. The van der Waals surface area contributed by atoms with Gasteiger partial charge in [0.05, 0.1) is 22.5 Å². The van der Waals surface area contributed by atoms with Crippen LogP contribution in [-0.4, -0.2) is 43.7 Å². The number of rotatable bonds is 4. The molecular formula is C26H18ClN5O2. The Hall–Kier alpha value is -4.10. The Kier molecular flexibility index (Phi) is 4.85. The van der Waals surface area contributed by atoms with Gasteiger partial charge in [-0.15, -0.1) is 10.2 Å². The van der Waals surface area contributed by atoms with E-state index in [-0.39, 0.29) is 18.4 Å². The molecule has 7 nitrogen and oxygen atoms in total. The Balaban J connectivity index is 1.36. The summed E-state index contributed by atoms with van der Waals surface area (Å²) in [6.07, 6.45) is 0.352. The van der Waals surface area contributed by atoms with Gasteiger partial charge in [-0.1, -0.05) is 54.1 Å². The zero-order valence-electron chi connectivity index (χ0n) is 18.0. The zero-order valence-corrected chi connectivity index (χ0v) is 18.7. The number of halogens is 1. The van der Waals surface area contributed by atoms with E-state index in [1.807, 2.05) is 53.1 Å². The van der Waals surface area contributed by atoms with Crippen molar-refractivity contribution < 1.29 is 9.59 Å². The molecule has 34 heavy (non-hydrogen) atoms. The fourth-order valence-electron chi connectivity index (χ4n) is 4.52. The third-order valence-corrected chi connectivity index (χ3v) is 6.35. The van der Waals surface area contributed by atoms with Gasteiger partial charge in [0.2, 0.25) is 0 Å². The Morgan fingerprint density at radius 2 is 1.53 bits per heavy atom. The summed E-state index contributed by atoms with van der Waals surface area (Å²) >= 11 is 6.39. The summed E-state index contributed by atoms with van der Waals surface area (Å²) in [6.45, 7) is 0.545. The average molecular weight is 468 g/mol. The molecule has 0 saturated heterocycles. The van der Waals surface area contributed by atoms with Crippen LogP contribution in [0.25, 0.3) is 5.69 Å². The van der Waals surface area contributed by atoms with E-state index >= 15 is 0 Å².